The highest BCUT2D eigenvalue weighted by atomic mass is 16.6. The Kier molecular flexibility index (Phi) is 4.51. The molecule has 1 rings (SSSR count). The molecule has 5 nitrogen and oxygen atoms in total. The molecular formula is C12H21NO4. The molecule has 0 N–H and O–H groups in total. The minimum absolute atomic E-state index is 0.166. The molecule has 1 aliphatic heterocycles. The summed E-state index contributed by atoms with van der Waals surface area (Å²) in [6.07, 6.45) is -0.292. The normalized spacial score (nSPS) is 18.7. The number of carbonyl (C=O) groups is 2. The van der Waals surface area contributed by atoms with E-state index < -0.39 is 11.9 Å². The highest BCUT2D eigenvalue weighted by Gasteiger charge is 2.30. The van der Waals surface area contributed by atoms with Crippen molar-refractivity contribution in [3.05, 3.63) is 0 Å². The van der Waals surface area contributed by atoms with Crippen molar-refractivity contribution < 1.29 is 19.1 Å². The molecule has 0 aromatic heterocycles. The van der Waals surface area contributed by atoms with Crippen molar-refractivity contribution in [1.29, 1.82) is 0 Å². The van der Waals surface area contributed by atoms with Gasteiger partial charge in [0.2, 0.25) is 0 Å². The lowest BCUT2D eigenvalue weighted by Crippen LogP contribution is -2.46. The Labute approximate surface area is 102 Å². The maximum absolute atomic E-state index is 11.8. The Morgan fingerprint density at radius 2 is 1.76 bits per heavy atom. The zero-order chi connectivity index (χ0) is 13.1. The summed E-state index contributed by atoms with van der Waals surface area (Å²) in [5, 5.41) is 0. The first kappa shape index (κ1) is 14.0. The van der Waals surface area contributed by atoms with Crippen molar-refractivity contribution in [2.45, 2.75) is 33.8 Å². The van der Waals surface area contributed by atoms with Gasteiger partial charge in [-0.05, 0) is 12.3 Å². The third-order valence-electron chi connectivity index (χ3n) is 2.98. The maximum atomic E-state index is 11.8. The monoisotopic (exact) mass is 243 g/mol. The number of hydrogen-bond donors (Lipinski definition) is 0. The number of ether oxygens (including phenoxy) is 2. The second kappa shape index (κ2) is 5.49. The van der Waals surface area contributed by atoms with Crippen LogP contribution in [-0.2, 0) is 19.1 Å². The van der Waals surface area contributed by atoms with E-state index in [4.69, 9.17) is 9.47 Å². The van der Waals surface area contributed by atoms with Crippen LogP contribution in [0.5, 0.6) is 0 Å². The smallest absolute Gasteiger partial charge is 0.397 e. The number of carbonyl (C=O) groups excluding carboxylic acids is 2. The Hall–Kier alpha value is -1.10. The first-order valence-corrected chi connectivity index (χ1v) is 5.90. The average Bonchev–Trinajstić information content (AvgIpc) is 2.27. The summed E-state index contributed by atoms with van der Waals surface area (Å²) in [6, 6.07) is 0. The Balaban J connectivity index is 2.49. The fourth-order valence-electron chi connectivity index (χ4n) is 1.28. The summed E-state index contributed by atoms with van der Waals surface area (Å²) in [5.74, 6) is -1.33. The predicted molar refractivity (Wildman–Crippen MR) is 62.4 cm³/mol. The van der Waals surface area contributed by atoms with E-state index in [0.29, 0.717) is 26.3 Å². The van der Waals surface area contributed by atoms with Gasteiger partial charge in [0.05, 0.1) is 13.2 Å². The van der Waals surface area contributed by atoms with Crippen LogP contribution in [0.3, 0.4) is 0 Å². The maximum Gasteiger partial charge on any atom is 0.397 e. The SMILES string of the molecule is C[C@@H](OC(=O)C(=O)N1CCOCC1)C(C)(C)C. The lowest BCUT2D eigenvalue weighted by molar-refractivity contribution is -0.168. The predicted octanol–water partition coefficient (Wildman–Crippen LogP) is 0.823. The Morgan fingerprint density at radius 1 is 1.24 bits per heavy atom. The molecule has 1 amide bonds. The van der Waals surface area contributed by atoms with Gasteiger partial charge in [-0.25, -0.2) is 4.79 Å². The van der Waals surface area contributed by atoms with Crippen molar-refractivity contribution in [3.8, 4) is 0 Å². The molecule has 1 aliphatic rings. The van der Waals surface area contributed by atoms with E-state index in [1.165, 1.54) is 4.90 Å². The lowest BCUT2D eigenvalue weighted by Gasteiger charge is -2.29. The van der Waals surface area contributed by atoms with Gasteiger partial charge in [-0.3, -0.25) is 4.79 Å². The van der Waals surface area contributed by atoms with Gasteiger partial charge in [0.15, 0.2) is 0 Å². The molecule has 0 radical (unpaired) electrons. The van der Waals surface area contributed by atoms with Gasteiger partial charge in [0, 0.05) is 13.1 Å². The summed E-state index contributed by atoms with van der Waals surface area (Å²) in [4.78, 5) is 24.9. The van der Waals surface area contributed by atoms with Crippen LogP contribution in [-0.4, -0.2) is 49.2 Å². The highest BCUT2D eigenvalue weighted by molar-refractivity contribution is 6.32. The van der Waals surface area contributed by atoms with Crippen LogP contribution in [0, 0.1) is 5.41 Å². The van der Waals surface area contributed by atoms with Crippen molar-refractivity contribution in [2.24, 2.45) is 5.41 Å². The summed E-state index contributed by atoms with van der Waals surface area (Å²) in [6.45, 7) is 9.56. The highest BCUT2D eigenvalue weighted by Crippen LogP contribution is 2.21. The molecule has 5 heteroatoms. The third-order valence-corrected chi connectivity index (χ3v) is 2.98. The van der Waals surface area contributed by atoms with E-state index in [-0.39, 0.29) is 11.5 Å². The van der Waals surface area contributed by atoms with E-state index in [1.54, 1.807) is 6.92 Å². The van der Waals surface area contributed by atoms with Gasteiger partial charge in [0.25, 0.3) is 0 Å². The molecule has 0 saturated carbocycles. The van der Waals surface area contributed by atoms with E-state index in [2.05, 4.69) is 0 Å². The van der Waals surface area contributed by atoms with Crippen molar-refractivity contribution >= 4 is 11.9 Å². The van der Waals surface area contributed by atoms with Crippen LogP contribution in [0.2, 0.25) is 0 Å². The number of nitrogens with zero attached hydrogens (tertiary/aromatic N) is 1. The van der Waals surface area contributed by atoms with Crippen LogP contribution in [0.15, 0.2) is 0 Å². The van der Waals surface area contributed by atoms with E-state index in [0.717, 1.165) is 0 Å². The largest absolute Gasteiger partial charge is 0.455 e. The molecule has 1 atom stereocenters. The summed E-state index contributed by atoms with van der Waals surface area (Å²) in [7, 11) is 0. The quantitative estimate of drug-likeness (QED) is 0.505. The van der Waals surface area contributed by atoms with Crippen molar-refractivity contribution in [2.75, 3.05) is 26.3 Å². The third kappa shape index (κ3) is 4.00. The fraction of sp³-hybridized carbons (Fsp3) is 0.833. The van der Waals surface area contributed by atoms with Crippen LogP contribution < -0.4 is 0 Å². The van der Waals surface area contributed by atoms with Crippen LogP contribution >= 0.6 is 0 Å². The van der Waals surface area contributed by atoms with Gasteiger partial charge >= 0.3 is 11.9 Å². The molecule has 0 aromatic rings. The van der Waals surface area contributed by atoms with Gasteiger partial charge in [-0.2, -0.15) is 0 Å². The molecule has 0 unspecified atom stereocenters. The molecule has 1 saturated heterocycles. The minimum atomic E-state index is -0.769. The number of hydrogen-bond acceptors (Lipinski definition) is 4. The molecule has 0 aromatic carbocycles. The van der Waals surface area contributed by atoms with Crippen molar-refractivity contribution in [3.63, 3.8) is 0 Å². The Bertz CT molecular complexity index is 289. The molecular weight excluding hydrogens is 222 g/mol. The Morgan fingerprint density at radius 3 is 2.24 bits per heavy atom. The lowest BCUT2D eigenvalue weighted by atomic mass is 9.90. The molecule has 0 bridgehead atoms. The van der Waals surface area contributed by atoms with Gasteiger partial charge < -0.3 is 14.4 Å². The van der Waals surface area contributed by atoms with Crippen LogP contribution in [0.25, 0.3) is 0 Å². The van der Waals surface area contributed by atoms with Crippen molar-refractivity contribution in [1.82, 2.24) is 4.90 Å². The molecule has 0 spiro atoms. The molecule has 1 heterocycles. The summed E-state index contributed by atoms with van der Waals surface area (Å²) in [5.41, 5.74) is -0.166. The summed E-state index contributed by atoms with van der Waals surface area (Å²) >= 11 is 0. The number of rotatable bonds is 1. The number of morpholine rings is 1. The summed E-state index contributed by atoms with van der Waals surface area (Å²) < 4.78 is 10.3. The first-order valence-electron chi connectivity index (χ1n) is 5.90. The fourth-order valence-corrected chi connectivity index (χ4v) is 1.28. The first-order chi connectivity index (χ1) is 7.82. The number of amides is 1. The zero-order valence-corrected chi connectivity index (χ0v) is 11.0. The topological polar surface area (TPSA) is 55.8 Å². The zero-order valence-electron chi connectivity index (χ0n) is 11.0. The minimum Gasteiger partial charge on any atom is -0.455 e. The molecule has 98 valence electrons. The standard InChI is InChI=1S/C12H21NO4/c1-9(12(2,3)4)17-11(15)10(14)13-5-7-16-8-6-13/h9H,5-8H2,1-4H3/t9-/m1/s1. The second-order valence-corrected chi connectivity index (χ2v) is 5.32. The number of esters is 1. The van der Waals surface area contributed by atoms with E-state index in [9.17, 15) is 9.59 Å². The van der Waals surface area contributed by atoms with E-state index >= 15 is 0 Å². The van der Waals surface area contributed by atoms with Gasteiger partial charge in [-0.15, -0.1) is 0 Å². The average molecular weight is 243 g/mol. The molecule has 0 aliphatic carbocycles. The van der Waals surface area contributed by atoms with Crippen LogP contribution in [0.1, 0.15) is 27.7 Å². The van der Waals surface area contributed by atoms with Gasteiger partial charge in [-0.1, -0.05) is 20.8 Å². The molecule has 17 heavy (non-hydrogen) atoms. The second-order valence-electron chi connectivity index (χ2n) is 5.32. The van der Waals surface area contributed by atoms with Crippen LogP contribution in [0.4, 0.5) is 0 Å². The molecule has 1 fully saturated rings. The van der Waals surface area contributed by atoms with E-state index in [1.807, 2.05) is 20.8 Å². The van der Waals surface area contributed by atoms with Gasteiger partial charge in [0.1, 0.15) is 6.10 Å².